The van der Waals surface area contributed by atoms with Gasteiger partial charge in [-0.3, -0.25) is 9.69 Å². The molecule has 8 heteroatoms. The second kappa shape index (κ2) is 6.26. The Hall–Kier alpha value is -2.38. The lowest BCUT2D eigenvalue weighted by Gasteiger charge is -2.33. The summed E-state index contributed by atoms with van der Waals surface area (Å²) < 4.78 is 52.8. The van der Waals surface area contributed by atoms with Crippen molar-refractivity contribution in [1.82, 2.24) is 9.78 Å². The summed E-state index contributed by atoms with van der Waals surface area (Å²) in [5.41, 5.74) is 0.795. The maximum absolute atomic E-state index is 13.0. The first-order valence-electron chi connectivity index (χ1n) is 7.51. The van der Waals surface area contributed by atoms with Crippen LogP contribution in [0.15, 0.2) is 36.5 Å². The van der Waals surface area contributed by atoms with Gasteiger partial charge in [0, 0.05) is 19.0 Å². The van der Waals surface area contributed by atoms with Crippen LogP contribution in [0.5, 0.6) is 0 Å². The topological polar surface area (TPSA) is 38.1 Å². The first kappa shape index (κ1) is 16.5. The van der Waals surface area contributed by atoms with E-state index >= 15 is 0 Å². The zero-order chi connectivity index (χ0) is 17.3. The van der Waals surface area contributed by atoms with Gasteiger partial charge in [-0.2, -0.15) is 18.3 Å². The van der Waals surface area contributed by atoms with Crippen LogP contribution in [0.3, 0.4) is 0 Å². The third kappa shape index (κ3) is 3.27. The van der Waals surface area contributed by atoms with Crippen LogP contribution in [-0.4, -0.2) is 28.4 Å². The van der Waals surface area contributed by atoms with Gasteiger partial charge >= 0.3 is 6.18 Å². The van der Waals surface area contributed by atoms with E-state index in [0.29, 0.717) is 6.42 Å². The number of rotatable bonds is 3. The first-order chi connectivity index (χ1) is 11.4. The van der Waals surface area contributed by atoms with Crippen LogP contribution < -0.4 is 4.90 Å². The number of alkyl halides is 3. The highest BCUT2D eigenvalue weighted by molar-refractivity contribution is 5.92. The summed E-state index contributed by atoms with van der Waals surface area (Å²) in [5.74, 6) is -0.474. The molecule has 4 nitrogen and oxygen atoms in total. The average molecular weight is 341 g/mol. The SMILES string of the molecule is O=C(CCc1ccc(F)cc1)N1CC[C@@H](C(F)(F)F)n2nccc21. The Labute approximate surface area is 135 Å². The maximum Gasteiger partial charge on any atom is 0.410 e. The van der Waals surface area contributed by atoms with Crippen molar-refractivity contribution in [2.75, 3.05) is 11.4 Å². The highest BCUT2D eigenvalue weighted by Gasteiger charge is 2.45. The van der Waals surface area contributed by atoms with E-state index in [4.69, 9.17) is 0 Å². The highest BCUT2D eigenvalue weighted by atomic mass is 19.4. The Bertz CT molecular complexity index is 724. The quantitative estimate of drug-likeness (QED) is 0.802. The molecule has 1 aromatic heterocycles. The largest absolute Gasteiger partial charge is 0.410 e. The molecule has 1 aliphatic heterocycles. The predicted molar refractivity (Wildman–Crippen MR) is 79.0 cm³/mol. The number of aromatic nitrogens is 2. The molecule has 24 heavy (non-hydrogen) atoms. The number of aryl methyl sites for hydroxylation is 1. The molecule has 0 aliphatic carbocycles. The van der Waals surface area contributed by atoms with Gasteiger partial charge in [-0.25, -0.2) is 9.07 Å². The van der Waals surface area contributed by atoms with Crippen molar-refractivity contribution in [3.63, 3.8) is 0 Å². The van der Waals surface area contributed by atoms with Crippen molar-refractivity contribution in [2.45, 2.75) is 31.5 Å². The van der Waals surface area contributed by atoms with Gasteiger partial charge in [0.05, 0.1) is 6.20 Å². The third-order valence-corrected chi connectivity index (χ3v) is 4.07. The summed E-state index contributed by atoms with van der Waals surface area (Å²) >= 11 is 0. The van der Waals surface area contributed by atoms with Gasteiger partial charge in [0.2, 0.25) is 5.91 Å². The van der Waals surface area contributed by atoms with E-state index in [1.54, 1.807) is 12.1 Å². The van der Waals surface area contributed by atoms with Gasteiger partial charge in [0.15, 0.2) is 6.04 Å². The lowest BCUT2D eigenvalue weighted by Crippen LogP contribution is -2.43. The minimum Gasteiger partial charge on any atom is -0.297 e. The van der Waals surface area contributed by atoms with Crippen LogP contribution in [0.25, 0.3) is 0 Å². The van der Waals surface area contributed by atoms with Gasteiger partial charge in [0.25, 0.3) is 0 Å². The van der Waals surface area contributed by atoms with Crippen LogP contribution >= 0.6 is 0 Å². The number of hydrogen-bond acceptors (Lipinski definition) is 2. The molecule has 0 N–H and O–H groups in total. The summed E-state index contributed by atoms with van der Waals surface area (Å²) in [6, 6.07) is 5.50. The van der Waals surface area contributed by atoms with Crippen molar-refractivity contribution in [3.8, 4) is 0 Å². The number of halogens is 4. The monoisotopic (exact) mass is 341 g/mol. The van der Waals surface area contributed by atoms with Crippen LogP contribution in [0, 0.1) is 5.82 Å². The molecule has 2 aromatic rings. The molecule has 1 aromatic carbocycles. The number of nitrogens with zero attached hydrogens (tertiary/aromatic N) is 3. The number of carbonyl (C=O) groups is 1. The molecule has 0 saturated heterocycles. The fraction of sp³-hybridized carbons (Fsp3) is 0.375. The lowest BCUT2D eigenvalue weighted by molar-refractivity contribution is -0.172. The van der Waals surface area contributed by atoms with E-state index < -0.39 is 12.2 Å². The summed E-state index contributed by atoms with van der Waals surface area (Å²) in [6.07, 6.45) is -2.83. The third-order valence-electron chi connectivity index (χ3n) is 4.07. The maximum atomic E-state index is 13.0. The fourth-order valence-electron chi connectivity index (χ4n) is 2.84. The van der Waals surface area contributed by atoms with E-state index in [1.807, 2.05) is 0 Å². The molecule has 0 unspecified atom stereocenters. The van der Waals surface area contributed by atoms with Gasteiger partial charge in [-0.15, -0.1) is 0 Å². The minimum atomic E-state index is -4.40. The summed E-state index contributed by atoms with van der Waals surface area (Å²) in [4.78, 5) is 13.7. The average Bonchev–Trinajstić information content (AvgIpc) is 3.01. The number of fused-ring (bicyclic) bond motifs is 1. The first-order valence-corrected chi connectivity index (χ1v) is 7.51. The van der Waals surface area contributed by atoms with Gasteiger partial charge in [0.1, 0.15) is 11.6 Å². The van der Waals surface area contributed by atoms with E-state index in [9.17, 15) is 22.4 Å². The highest BCUT2D eigenvalue weighted by Crippen LogP contribution is 2.39. The molecule has 0 saturated carbocycles. The molecule has 2 heterocycles. The van der Waals surface area contributed by atoms with Crippen LogP contribution in [0.1, 0.15) is 24.4 Å². The van der Waals surface area contributed by atoms with Crippen LogP contribution in [0.2, 0.25) is 0 Å². The van der Waals surface area contributed by atoms with Crippen LogP contribution in [0.4, 0.5) is 23.4 Å². The van der Waals surface area contributed by atoms with Crippen molar-refractivity contribution < 1.29 is 22.4 Å². The van der Waals surface area contributed by atoms with E-state index in [-0.39, 0.29) is 36.9 Å². The number of benzene rings is 1. The summed E-state index contributed by atoms with van der Waals surface area (Å²) in [7, 11) is 0. The summed E-state index contributed by atoms with van der Waals surface area (Å²) in [6.45, 7) is -0.00186. The zero-order valence-corrected chi connectivity index (χ0v) is 12.6. The standard InChI is InChI=1S/C16H15F4N3O/c17-12-4-1-11(2-5-12)3-6-15(24)22-10-8-13(16(18,19)20)23-14(22)7-9-21-23/h1-2,4-5,7,9,13H,3,6,8,10H2/t13-/m0/s1. The molecular formula is C16H15F4N3O. The molecular weight excluding hydrogens is 326 g/mol. The van der Waals surface area contributed by atoms with Crippen molar-refractivity contribution in [1.29, 1.82) is 0 Å². The van der Waals surface area contributed by atoms with Crippen molar-refractivity contribution in [2.24, 2.45) is 0 Å². The second-order valence-electron chi connectivity index (χ2n) is 5.65. The number of carbonyl (C=O) groups excluding carboxylic acids is 1. The van der Waals surface area contributed by atoms with Crippen molar-refractivity contribution >= 4 is 11.7 Å². The van der Waals surface area contributed by atoms with E-state index in [1.165, 1.54) is 29.3 Å². The van der Waals surface area contributed by atoms with Gasteiger partial charge in [-0.1, -0.05) is 12.1 Å². The zero-order valence-electron chi connectivity index (χ0n) is 12.6. The molecule has 128 valence electrons. The Morgan fingerprint density at radius 1 is 1.21 bits per heavy atom. The molecule has 0 fully saturated rings. The molecule has 0 spiro atoms. The Kier molecular flexibility index (Phi) is 4.29. The molecule has 0 radical (unpaired) electrons. The lowest BCUT2D eigenvalue weighted by atomic mass is 10.1. The van der Waals surface area contributed by atoms with Gasteiger partial charge in [-0.05, 0) is 30.5 Å². The predicted octanol–water partition coefficient (Wildman–Crippen LogP) is 3.50. The molecule has 1 atom stereocenters. The normalized spacial score (nSPS) is 17.7. The molecule has 3 rings (SSSR count). The molecule has 0 bridgehead atoms. The van der Waals surface area contributed by atoms with E-state index in [0.717, 1.165) is 10.2 Å². The van der Waals surface area contributed by atoms with Crippen LogP contribution in [-0.2, 0) is 11.2 Å². The molecule has 1 aliphatic rings. The molecule has 1 amide bonds. The number of hydrogen-bond donors (Lipinski definition) is 0. The fourth-order valence-corrected chi connectivity index (χ4v) is 2.84. The number of anilines is 1. The summed E-state index contributed by atoms with van der Waals surface area (Å²) in [5, 5.41) is 3.73. The smallest absolute Gasteiger partial charge is 0.297 e. The Balaban J connectivity index is 1.71. The Morgan fingerprint density at radius 3 is 2.58 bits per heavy atom. The minimum absolute atomic E-state index is 0.00186. The van der Waals surface area contributed by atoms with E-state index in [2.05, 4.69) is 5.10 Å². The Morgan fingerprint density at radius 2 is 1.92 bits per heavy atom. The van der Waals surface area contributed by atoms with Gasteiger partial charge < -0.3 is 0 Å². The second-order valence-corrected chi connectivity index (χ2v) is 5.65. The van der Waals surface area contributed by atoms with Crippen molar-refractivity contribution in [3.05, 3.63) is 47.9 Å². The number of amides is 1.